The summed E-state index contributed by atoms with van der Waals surface area (Å²) in [5.41, 5.74) is 1.28. The Morgan fingerprint density at radius 1 is 1.24 bits per heavy atom. The van der Waals surface area contributed by atoms with Crippen LogP contribution in [0.2, 0.25) is 0 Å². The van der Waals surface area contributed by atoms with Gasteiger partial charge in [0.1, 0.15) is 0 Å². The van der Waals surface area contributed by atoms with E-state index in [1.807, 2.05) is 35.1 Å². The Morgan fingerprint density at radius 2 is 1.88 bits per heavy atom. The number of carbonyl (C=O) groups is 1. The summed E-state index contributed by atoms with van der Waals surface area (Å²) in [6.45, 7) is 1.81. The number of allylic oxidation sites excluding steroid dienone is 1. The van der Waals surface area contributed by atoms with Crippen molar-refractivity contribution in [3.63, 3.8) is 0 Å². The summed E-state index contributed by atoms with van der Waals surface area (Å²) in [4.78, 5) is 11.1. The van der Waals surface area contributed by atoms with E-state index >= 15 is 0 Å². The minimum atomic E-state index is -3.75. The Hall–Kier alpha value is -1.82. The highest BCUT2D eigenvalue weighted by Crippen LogP contribution is 2.17. The van der Waals surface area contributed by atoms with Crippen molar-refractivity contribution in [1.82, 2.24) is 9.03 Å². The second kappa shape index (κ2) is 4.21. The molecular formula is C11H12N2O3S. The molecule has 0 atom stereocenters. The molecule has 0 saturated carbocycles. The Kier molecular flexibility index (Phi) is 2.89. The molecule has 1 heterocycles. The van der Waals surface area contributed by atoms with Crippen LogP contribution in [0.15, 0.2) is 42.1 Å². The highest BCUT2D eigenvalue weighted by molar-refractivity contribution is 7.87. The van der Waals surface area contributed by atoms with Crippen molar-refractivity contribution in [2.75, 3.05) is 0 Å². The van der Waals surface area contributed by atoms with Gasteiger partial charge in [-0.2, -0.15) is 8.42 Å². The first kappa shape index (κ1) is 11.7. The van der Waals surface area contributed by atoms with Gasteiger partial charge in [0.2, 0.25) is 0 Å². The number of carbonyl (C=O) groups excluding carboxylic acids is 1. The average Bonchev–Trinajstić information content (AvgIpc) is 2.24. The molecule has 2 rings (SSSR count). The lowest BCUT2D eigenvalue weighted by Gasteiger charge is -2.27. The number of hydrogen-bond acceptors (Lipinski definition) is 3. The zero-order valence-electron chi connectivity index (χ0n) is 9.25. The summed E-state index contributed by atoms with van der Waals surface area (Å²) >= 11 is 0. The van der Waals surface area contributed by atoms with Gasteiger partial charge in [-0.05, 0) is 12.5 Å². The van der Waals surface area contributed by atoms with E-state index in [-0.39, 0.29) is 6.54 Å². The van der Waals surface area contributed by atoms with E-state index in [0.717, 1.165) is 5.56 Å². The summed E-state index contributed by atoms with van der Waals surface area (Å²) in [5.74, 6) is -0.605. The lowest BCUT2D eigenvalue weighted by atomic mass is 10.2. The van der Waals surface area contributed by atoms with Gasteiger partial charge in [0, 0.05) is 11.8 Å². The average molecular weight is 252 g/mol. The second-order valence-electron chi connectivity index (χ2n) is 3.75. The highest BCUT2D eigenvalue weighted by Gasteiger charge is 2.28. The van der Waals surface area contributed by atoms with Gasteiger partial charge in [-0.3, -0.25) is 9.10 Å². The van der Waals surface area contributed by atoms with Crippen molar-refractivity contribution in [1.29, 1.82) is 0 Å². The van der Waals surface area contributed by atoms with Crippen LogP contribution in [0, 0.1) is 0 Å². The number of nitrogens with one attached hydrogen (secondary N) is 1. The first-order valence-electron chi connectivity index (χ1n) is 5.06. The molecule has 90 valence electrons. The first-order valence-corrected chi connectivity index (χ1v) is 6.50. The third kappa shape index (κ3) is 2.47. The zero-order valence-corrected chi connectivity index (χ0v) is 10.1. The predicted octanol–water partition coefficient (Wildman–Crippen LogP) is 0.767. The van der Waals surface area contributed by atoms with Crippen LogP contribution >= 0.6 is 0 Å². The molecule has 0 bridgehead atoms. The fourth-order valence-electron chi connectivity index (χ4n) is 1.62. The van der Waals surface area contributed by atoms with E-state index in [9.17, 15) is 13.2 Å². The van der Waals surface area contributed by atoms with Gasteiger partial charge >= 0.3 is 10.2 Å². The Bertz CT molecular complexity index is 564. The first-order chi connectivity index (χ1) is 7.99. The predicted molar refractivity (Wildman–Crippen MR) is 62.8 cm³/mol. The maximum Gasteiger partial charge on any atom is 0.326 e. The SMILES string of the molecule is CC1=CC(=O)NS(=O)(=O)N1Cc1ccccc1. The number of hydrogen-bond donors (Lipinski definition) is 1. The van der Waals surface area contributed by atoms with Crippen molar-refractivity contribution in [3.8, 4) is 0 Å². The maximum absolute atomic E-state index is 11.8. The van der Waals surface area contributed by atoms with Gasteiger partial charge in [0.15, 0.2) is 0 Å². The minimum absolute atomic E-state index is 0.214. The standard InChI is InChI=1S/C11H12N2O3S/c1-9-7-11(14)12-17(15,16)13(9)8-10-5-3-2-4-6-10/h2-7H,8H2,1H3,(H,12,14). The van der Waals surface area contributed by atoms with Gasteiger partial charge in [-0.25, -0.2) is 4.72 Å². The third-order valence-corrected chi connectivity index (χ3v) is 3.88. The molecule has 1 aliphatic heterocycles. The fourth-order valence-corrected chi connectivity index (χ4v) is 2.80. The molecule has 0 aliphatic carbocycles. The van der Waals surface area contributed by atoms with Crippen LogP contribution in [0.25, 0.3) is 0 Å². The Morgan fingerprint density at radius 3 is 2.47 bits per heavy atom. The van der Waals surface area contributed by atoms with Gasteiger partial charge in [0.05, 0.1) is 6.54 Å². The molecule has 0 spiro atoms. The van der Waals surface area contributed by atoms with Crippen LogP contribution in [0.5, 0.6) is 0 Å². The molecule has 1 N–H and O–H groups in total. The lowest BCUT2D eigenvalue weighted by molar-refractivity contribution is -0.115. The monoisotopic (exact) mass is 252 g/mol. The summed E-state index contributed by atoms with van der Waals surface area (Å²) in [5, 5.41) is 0. The largest absolute Gasteiger partial charge is 0.326 e. The number of benzene rings is 1. The smallest absolute Gasteiger partial charge is 0.269 e. The van der Waals surface area contributed by atoms with Gasteiger partial charge in [-0.15, -0.1) is 0 Å². The van der Waals surface area contributed by atoms with E-state index in [1.54, 1.807) is 6.92 Å². The molecule has 1 amide bonds. The number of amides is 1. The van der Waals surface area contributed by atoms with Crippen molar-refractivity contribution in [2.45, 2.75) is 13.5 Å². The third-order valence-electron chi connectivity index (χ3n) is 2.42. The van der Waals surface area contributed by atoms with Crippen LogP contribution in [0.1, 0.15) is 12.5 Å². The lowest BCUT2D eigenvalue weighted by Crippen LogP contribution is -2.45. The normalized spacial score (nSPS) is 18.5. The molecular weight excluding hydrogens is 240 g/mol. The van der Waals surface area contributed by atoms with E-state index in [2.05, 4.69) is 0 Å². The number of rotatable bonds is 2. The summed E-state index contributed by atoms with van der Waals surface area (Å²) in [6, 6.07) is 9.20. The molecule has 17 heavy (non-hydrogen) atoms. The molecule has 6 heteroatoms. The zero-order chi connectivity index (χ0) is 12.5. The van der Waals surface area contributed by atoms with E-state index in [4.69, 9.17) is 0 Å². The van der Waals surface area contributed by atoms with E-state index < -0.39 is 16.1 Å². The molecule has 0 saturated heterocycles. The van der Waals surface area contributed by atoms with Crippen molar-refractivity contribution >= 4 is 16.1 Å². The van der Waals surface area contributed by atoms with Crippen LogP contribution in [-0.2, 0) is 21.5 Å². The van der Waals surface area contributed by atoms with Crippen LogP contribution < -0.4 is 4.72 Å². The van der Waals surface area contributed by atoms with E-state index in [0.29, 0.717) is 5.70 Å². The van der Waals surface area contributed by atoms with Crippen molar-refractivity contribution in [3.05, 3.63) is 47.7 Å². The molecule has 0 aromatic heterocycles. The molecule has 1 aromatic rings. The van der Waals surface area contributed by atoms with Crippen molar-refractivity contribution in [2.24, 2.45) is 0 Å². The van der Waals surface area contributed by atoms with Gasteiger partial charge in [0.25, 0.3) is 5.91 Å². The van der Waals surface area contributed by atoms with Gasteiger partial charge < -0.3 is 0 Å². The summed E-state index contributed by atoms with van der Waals surface area (Å²) in [6.07, 6.45) is 1.27. The topological polar surface area (TPSA) is 66.5 Å². The number of nitrogens with zero attached hydrogens (tertiary/aromatic N) is 1. The molecule has 5 nitrogen and oxygen atoms in total. The molecule has 1 aromatic carbocycles. The molecule has 0 radical (unpaired) electrons. The maximum atomic E-state index is 11.8. The Labute approximate surface area is 99.9 Å². The van der Waals surface area contributed by atoms with Crippen LogP contribution in [0.3, 0.4) is 0 Å². The molecule has 0 unspecified atom stereocenters. The summed E-state index contributed by atoms with van der Waals surface area (Å²) in [7, 11) is -3.75. The Balaban J connectivity index is 2.32. The van der Waals surface area contributed by atoms with Crippen LogP contribution in [-0.4, -0.2) is 18.6 Å². The molecule has 0 fully saturated rings. The fraction of sp³-hybridized carbons (Fsp3) is 0.182. The van der Waals surface area contributed by atoms with Gasteiger partial charge in [-0.1, -0.05) is 30.3 Å². The van der Waals surface area contributed by atoms with E-state index in [1.165, 1.54) is 10.4 Å². The molecule has 1 aliphatic rings. The second-order valence-corrected chi connectivity index (χ2v) is 5.34. The highest BCUT2D eigenvalue weighted by atomic mass is 32.2. The van der Waals surface area contributed by atoms with Crippen LogP contribution in [0.4, 0.5) is 0 Å². The quantitative estimate of drug-likeness (QED) is 0.845. The minimum Gasteiger partial charge on any atom is -0.269 e. The summed E-state index contributed by atoms with van der Waals surface area (Å²) < 4.78 is 26.6. The van der Waals surface area contributed by atoms with Crippen molar-refractivity contribution < 1.29 is 13.2 Å².